The van der Waals surface area contributed by atoms with Gasteiger partial charge in [-0.05, 0) is 34.7 Å². The minimum absolute atomic E-state index is 0.0781. The Bertz CT molecular complexity index is 511. The van der Waals surface area contributed by atoms with Crippen LogP contribution in [0.1, 0.15) is 0 Å². The third-order valence-corrected chi connectivity index (χ3v) is 3.24. The van der Waals surface area contributed by atoms with E-state index in [9.17, 15) is 0 Å². The van der Waals surface area contributed by atoms with E-state index in [-0.39, 0.29) is 6.61 Å². The third kappa shape index (κ3) is 2.61. The lowest BCUT2D eigenvalue weighted by Gasteiger charge is -2.08. The molecule has 1 N–H and O–H groups in total. The molecule has 0 radical (unpaired) electrons. The van der Waals surface area contributed by atoms with Gasteiger partial charge in [0.2, 0.25) is 0 Å². The van der Waals surface area contributed by atoms with Crippen molar-refractivity contribution in [1.29, 1.82) is 0 Å². The average Bonchev–Trinajstić information content (AvgIpc) is 2.71. The van der Waals surface area contributed by atoms with Crippen LogP contribution in [0, 0.1) is 3.57 Å². The lowest BCUT2D eigenvalue weighted by atomic mass is 10.1. The summed E-state index contributed by atoms with van der Waals surface area (Å²) in [5.41, 5.74) is 2.05. The summed E-state index contributed by atoms with van der Waals surface area (Å²) in [5.74, 6) is 0.815. The number of aliphatic hydroxyl groups is 1. The summed E-state index contributed by atoms with van der Waals surface area (Å²) in [5, 5.41) is 13.3. The van der Waals surface area contributed by atoms with Gasteiger partial charge in [0, 0.05) is 5.56 Å². The van der Waals surface area contributed by atoms with Crippen molar-refractivity contribution in [1.82, 2.24) is 9.78 Å². The van der Waals surface area contributed by atoms with Crippen LogP contribution in [0.25, 0.3) is 11.3 Å². The molecule has 2 rings (SSSR count). The number of rotatable bonds is 4. The molecule has 2 aromatic rings. The molecule has 0 aliphatic heterocycles. The van der Waals surface area contributed by atoms with Crippen LogP contribution in [0.3, 0.4) is 0 Å². The number of methoxy groups -OCH3 is 1. The fourth-order valence-corrected chi connectivity index (χ4v) is 2.40. The highest BCUT2D eigenvalue weighted by atomic mass is 127. The van der Waals surface area contributed by atoms with Gasteiger partial charge < -0.3 is 9.84 Å². The van der Waals surface area contributed by atoms with Gasteiger partial charge in [-0.25, -0.2) is 0 Å². The number of ether oxygens (including phenoxy) is 1. The molecule has 5 heteroatoms. The van der Waals surface area contributed by atoms with Crippen LogP contribution in [-0.2, 0) is 6.54 Å². The zero-order valence-electron chi connectivity index (χ0n) is 9.43. The first-order valence-corrected chi connectivity index (χ1v) is 6.30. The first-order valence-electron chi connectivity index (χ1n) is 5.23. The minimum Gasteiger partial charge on any atom is -0.497 e. The Morgan fingerprint density at radius 1 is 1.47 bits per heavy atom. The average molecular weight is 344 g/mol. The minimum atomic E-state index is 0.0781. The molecule has 4 nitrogen and oxygen atoms in total. The van der Waals surface area contributed by atoms with Gasteiger partial charge in [0.1, 0.15) is 5.75 Å². The Kier molecular flexibility index (Phi) is 4.01. The van der Waals surface area contributed by atoms with Gasteiger partial charge in [-0.1, -0.05) is 12.1 Å². The van der Waals surface area contributed by atoms with Crippen molar-refractivity contribution in [3.63, 3.8) is 0 Å². The number of hydrogen-bond acceptors (Lipinski definition) is 3. The van der Waals surface area contributed by atoms with Crippen LogP contribution >= 0.6 is 22.6 Å². The molecule has 0 aliphatic rings. The first kappa shape index (κ1) is 12.4. The second-order valence-corrected chi connectivity index (χ2v) is 4.68. The largest absolute Gasteiger partial charge is 0.497 e. The summed E-state index contributed by atoms with van der Waals surface area (Å²) in [6, 6.07) is 7.83. The predicted molar refractivity (Wildman–Crippen MR) is 74.0 cm³/mol. The standard InChI is InChI=1S/C12H13IN2O2/c1-17-10-4-2-3-9(7-10)12-11(13)8-14-15(12)5-6-16/h2-4,7-8,16H,5-6H2,1H3. The quantitative estimate of drug-likeness (QED) is 0.865. The summed E-state index contributed by atoms with van der Waals surface area (Å²) in [6.07, 6.45) is 1.80. The van der Waals surface area contributed by atoms with E-state index in [1.165, 1.54) is 0 Å². The van der Waals surface area contributed by atoms with E-state index >= 15 is 0 Å². The van der Waals surface area contributed by atoms with Crippen molar-refractivity contribution in [2.24, 2.45) is 0 Å². The molecular formula is C12H13IN2O2. The Morgan fingerprint density at radius 3 is 3.00 bits per heavy atom. The molecule has 0 spiro atoms. The van der Waals surface area contributed by atoms with Gasteiger partial charge in [0.05, 0.1) is 35.7 Å². The lowest BCUT2D eigenvalue weighted by molar-refractivity contribution is 0.270. The van der Waals surface area contributed by atoms with Crippen molar-refractivity contribution in [3.8, 4) is 17.0 Å². The van der Waals surface area contributed by atoms with Crippen molar-refractivity contribution >= 4 is 22.6 Å². The predicted octanol–water partition coefficient (Wildman–Crippen LogP) is 2.16. The van der Waals surface area contributed by atoms with Crippen LogP contribution in [0.4, 0.5) is 0 Å². The van der Waals surface area contributed by atoms with Crippen LogP contribution in [-0.4, -0.2) is 28.6 Å². The summed E-state index contributed by atoms with van der Waals surface area (Å²) in [4.78, 5) is 0. The molecule has 1 aromatic heterocycles. The second kappa shape index (κ2) is 5.50. The van der Waals surface area contributed by atoms with Gasteiger partial charge >= 0.3 is 0 Å². The molecule has 0 unspecified atom stereocenters. The maximum atomic E-state index is 9.01. The highest BCUT2D eigenvalue weighted by Gasteiger charge is 2.11. The molecule has 0 fully saturated rings. The summed E-state index contributed by atoms with van der Waals surface area (Å²) < 4.78 is 8.07. The second-order valence-electron chi connectivity index (χ2n) is 3.52. The lowest BCUT2D eigenvalue weighted by Crippen LogP contribution is -2.05. The van der Waals surface area contributed by atoms with E-state index in [0.717, 1.165) is 20.6 Å². The Balaban J connectivity index is 2.47. The first-order chi connectivity index (χ1) is 8.26. The molecule has 1 heterocycles. The number of hydrogen-bond donors (Lipinski definition) is 1. The molecule has 17 heavy (non-hydrogen) atoms. The molecule has 0 saturated heterocycles. The Morgan fingerprint density at radius 2 is 2.29 bits per heavy atom. The van der Waals surface area contributed by atoms with Crippen LogP contribution < -0.4 is 4.74 Å². The monoisotopic (exact) mass is 344 g/mol. The molecule has 0 saturated carbocycles. The highest BCUT2D eigenvalue weighted by Crippen LogP contribution is 2.27. The van der Waals surface area contributed by atoms with Gasteiger partial charge in [0.25, 0.3) is 0 Å². The maximum Gasteiger partial charge on any atom is 0.119 e. The van der Waals surface area contributed by atoms with Gasteiger partial charge in [-0.15, -0.1) is 0 Å². The number of nitrogens with zero attached hydrogens (tertiary/aromatic N) is 2. The molecule has 0 atom stereocenters. The summed E-state index contributed by atoms with van der Waals surface area (Å²) in [6.45, 7) is 0.574. The number of aromatic nitrogens is 2. The SMILES string of the molecule is COc1cccc(-c2c(I)cnn2CCO)c1. The molecule has 0 bridgehead atoms. The van der Waals surface area contributed by atoms with Gasteiger partial charge in [-0.3, -0.25) is 4.68 Å². The topological polar surface area (TPSA) is 47.3 Å². The zero-order chi connectivity index (χ0) is 12.3. The van der Waals surface area contributed by atoms with E-state index in [1.807, 2.05) is 24.3 Å². The fraction of sp³-hybridized carbons (Fsp3) is 0.250. The van der Waals surface area contributed by atoms with Gasteiger partial charge in [0.15, 0.2) is 0 Å². The Hall–Kier alpha value is -1.08. The van der Waals surface area contributed by atoms with E-state index in [2.05, 4.69) is 27.7 Å². The van der Waals surface area contributed by atoms with E-state index in [1.54, 1.807) is 18.0 Å². The van der Waals surface area contributed by atoms with Crippen molar-refractivity contribution in [2.75, 3.05) is 13.7 Å². The molecule has 0 aliphatic carbocycles. The molecular weight excluding hydrogens is 331 g/mol. The molecule has 0 amide bonds. The normalized spacial score (nSPS) is 10.5. The van der Waals surface area contributed by atoms with E-state index < -0.39 is 0 Å². The number of benzene rings is 1. The summed E-state index contributed by atoms with van der Waals surface area (Å²) in [7, 11) is 1.65. The highest BCUT2D eigenvalue weighted by molar-refractivity contribution is 14.1. The van der Waals surface area contributed by atoms with Crippen molar-refractivity contribution < 1.29 is 9.84 Å². The van der Waals surface area contributed by atoms with E-state index in [4.69, 9.17) is 9.84 Å². The van der Waals surface area contributed by atoms with Crippen molar-refractivity contribution in [2.45, 2.75) is 6.54 Å². The Labute approximate surface area is 113 Å². The number of aliphatic hydroxyl groups excluding tert-OH is 1. The van der Waals surface area contributed by atoms with Crippen LogP contribution in [0.5, 0.6) is 5.75 Å². The van der Waals surface area contributed by atoms with E-state index in [0.29, 0.717) is 6.54 Å². The smallest absolute Gasteiger partial charge is 0.119 e. The molecule has 1 aromatic carbocycles. The van der Waals surface area contributed by atoms with Crippen LogP contribution in [0.2, 0.25) is 0 Å². The third-order valence-electron chi connectivity index (χ3n) is 2.45. The fourth-order valence-electron chi connectivity index (χ4n) is 1.68. The summed E-state index contributed by atoms with van der Waals surface area (Å²) >= 11 is 2.24. The zero-order valence-corrected chi connectivity index (χ0v) is 11.6. The van der Waals surface area contributed by atoms with Crippen LogP contribution in [0.15, 0.2) is 30.5 Å². The molecule has 90 valence electrons. The maximum absolute atomic E-state index is 9.01. The van der Waals surface area contributed by atoms with Crippen molar-refractivity contribution in [3.05, 3.63) is 34.0 Å². The van der Waals surface area contributed by atoms with Gasteiger partial charge in [-0.2, -0.15) is 5.10 Å². The number of halogens is 1.